The number of ether oxygens (including phenoxy) is 2. The van der Waals surface area contributed by atoms with Crippen molar-refractivity contribution in [1.82, 2.24) is 0 Å². The fourth-order valence-corrected chi connectivity index (χ4v) is 1.93. The maximum absolute atomic E-state index is 13.4. The Bertz CT molecular complexity index is 778. The number of carbonyl (C=O) groups is 2. The van der Waals surface area contributed by atoms with Crippen molar-refractivity contribution in [2.75, 3.05) is 19.0 Å². The molecule has 1 amide bonds. The molecule has 2 rings (SSSR count). The van der Waals surface area contributed by atoms with Gasteiger partial charge in [-0.15, -0.1) is 0 Å². The monoisotopic (exact) mass is 353 g/mol. The molecule has 0 aromatic heterocycles. The van der Waals surface area contributed by atoms with Gasteiger partial charge in [0.25, 0.3) is 5.91 Å². The van der Waals surface area contributed by atoms with Crippen LogP contribution in [0.3, 0.4) is 0 Å². The zero-order chi connectivity index (χ0) is 18.4. The summed E-state index contributed by atoms with van der Waals surface area (Å²) in [5.74, 6) is -6.27. The van der Waals surface area contributed by atoms with Gasteiger partial charge in [-0.2, -0.15) is 0 Å². The maximum atomic E-state index is 13.4. The molecule has 0 radical (unpaired) electrons. The SMILES string of the molecule is COCc1ccc(C(=O)OCC(=O)Nc2ccc(F)c(F)c2F)cc1. The number of rotatable bonds is 6. The summed E-state index contributed by atoms with van der Waals surface area (Å²) in [6.07, 6.45) is 0. The predicted molar refractivity (Wildman–Crippen MR) is 82.4 cm³/mol. The van der Waals surface area contributed by atoms with Crippen LogP contribution in [0.1, 0.15) is 15.9 Å². The minimum Gasteiger partial charge on any atom is -0.452 e. The molecule has 0 bridgehead atoms. The molecule has 0 saturated heterocycles. The van der Waals surface area contributed by atoms with Gasteiger partial charge in [0.15, 0.2) is 24.1 Å². The number of anilines is 1. The van der Waals surface area contributed by atoms with E-state index in [-0.39, 0.29) is 5.56 Å². The Balaban J connectivity index is 1.91. The molecular weight excluding hydrogens is 339 g/mol. The molecular formula is C17H14F3NO4. The van der Waals surface area contributed by atoms with Gasteiger partial charge in [-0.1, -0.05) is 12.1 Å². The van der Waals surface area contributed by atoms with Crippen molar-refractivity contribution in [2.45, 2.75) is 6.61 Å². The summed E-state index contributed by atoms with van der Waals surface area (Å²) >= 11 is 0. The van der Waals surface area contributed by atoms with Crippen LogP contribution in [0.5, 0.6) is 0 Å². The van der Waals surface area contributed by atoms with Crippen molar-refractivity contribution in [3.8, 4) is 0 Å². The first-order valence-corrected chi connectivity index (χ1v) is 7.10. The molecule has 132 valence electrons. The first kappa shape index (κ1) is 18.5. The second-order valence-corrected chi connectivity index (χ2v) is 4.98. The number of esters is 1. The van der Waals surface area contributed by atoms with Gasteiger partial charge in [-0.25, -0.2) is 18.0 Å². The minimum absolute atomic E-state index is 0.215. The normalized spacial score (nSPS) is 10.4. The summed E-state index contributed by atoms with van der Waals surface area (Å²) in [6.45, 7) is -0.325. The van der Waals surface area contributed by atoms with E-state index in [0.717, 1.165) is 11.6 Å². The summed E-state index contributed by atoms with van der Waals surface area (Å²) in [6, 6.07) is 7.87. The smallest absolute Gasteiger partial charge is 0.338 e. The molecule has 0 atom stereocenters. The van der Waals surface area contributed by atoms with Crippen LogP contribution in [0.2, 0.25) is 0 Å². The van der Waals surface area contributed by atoms with Crippen molar-refractivity contribution in [1.29, 1.82) is 0 Å². The Hall–Kier alpha value is -2.87. The molecule has 0 saturated carbocycles. The highest BCUT2D eigenvalue weighted by atomic mass is 19.2. The molecule has 0 unspecified atom stereocenters. The highest BCUT2D eigenvalue weighted by Gasteiger charge is 2.16. The lowest BCUT2D eigenvalue weighted by molar-refractivity contribution is -0.119. The quantitative estimate of drug-likeness (QED) is 0.640. The number of hydrogen-bond acceptors (Lipinski definition) is 4. The van der Waals surface area contributed by atoms with Crippen molar-refractivity contribution in [2.24, 2.45) is 0 Å². The predicted octanol–water partition coefficient (Wildman–Crippen LogP) is 3.05. The van der Waals surface area contributed by atoms with Crippen molar-refractivity contribution < 1.29 is 32.2 Å². The van der Waals surface area contributed by atoms with Crippen LogP contribution in [0, 0.1) is 17.5 Å². The molecule has 8 heteroatoms. The van der Waals surface area contributed by atoms with Gasteiger partial charge in [0, 0.05) is 7.11 Å². The maximum Gasteiger partial charge on any atom is 0.338 e. The van der Waals surface area contributed by atoms with E-state index in [4.69, 9.17) is 9.47 Å². The molecule has 0 fully saturated rings. The lowest BCUT2D eigenvalue weighted by atomic mass is 10.1. The van der Waals surface area contributed by atoms with Crippen LogP contribution in [-0.2, 0) is 20.9 Å². The van der Waals surface area contributed by atoms with E-state index in [0.29, 0.717) is 12.7 Å². The van der Waals surface area contributed by atoms with Crippen molar-refractivity contribution >= 4 is 17.6 Å². The van der Waals surface area contributed by atoms with Crippen LogP contribution in [0.4, 0.5) is 18.9 Å². The Labute approximate surface area is 141 Å². The fourth-order valence-electron chi connectivity index (χ4n) is 1.93. The molecule has 25 heavy (non-hydrogen) atoms. The van der Waals surface area contributed by atoms with Gasteiger partial charge in [-0.3, -0.25) is 4.79 Å². The van der Waals surface area contributed by atoms with Crippen LogP contribution < -0.4 is 5.32 Å². The Kier molecular flexibility index (Phi) is 6.13. The van der Waals surface area contributed by atoms with Gasteiger partial charge in [0.1, 0.15) is 0 Å². The Morgan fingerprint density at radius 3 is 2.32 bits per heavy atom. The summed E-state index contributed by atoms with van der Waals surface area (Å²) in [5.41, 5.74) is 0.515. The highest BCUT2D eigenvalue weighted by Crippen LogP contribution is 2.19. The fraction of sp³-hybridized carbons (Fsp3) is 0.176. The number of hydrogen-bond donors (Lipinski definition) is 1. The number of nitrogens with one attached hydrogen (secondary N) is 1. The van der Waals surface area contributed by atoms with Crippen LogP contribution in [0.25, 0.3) is 0 Å². The second-order valence-electron chi connectivity index (χ2n) is 4.98. The van der Waals surface area contributed by atoms with Crippen LogP contribution in [0.15, 0.2) is 36.4 Å². The number of benzene rings is 2. The topological polar surface area (TPSA) is 64.6 Å². The number of methoxy groups -OCH3 is 1. The Morgan fingerprint density at radius 2 is 1.68 bits per heavy atom. The van der Waals surface area contributed by atoms with E-state index < -0.39 is 41.6 Å². The first-order chi connectivity index (χ1) is 11.9. The van der Waals surface area contributed by atoms with E-state index in [1.165, 1.54) is 19.2 Å². The largest absolute Gasteiger partial charge is 0.452 e. The van der Waals surface area contributed by atoms with Crippen molar-refractivity contribution in [3.05, 3.63) is 65.0 Å². The number of halogens is 3. The van der Waals surface area contributed by atoms with Crippen LogP contribution in [-0.4, -0.2) is 25.6 Å². The van der Waals surface area contributed by atoms with E-state index in [1.807, 2.05) is 5.32 Å². The van der Waals surface area contributed by atoms with Gasteiger partial charge < -0.3 is 14.8 Å². The average Bonchev–Trinajstić information content (AvgIpc) is 2.61. The van der Waals surface area contributed by atoms with Crippen molar-refractivity contribution in [3.63, 3.8) is 0 Å². The second kappa shape index (κ2) is 8.29. The third kappa shape index (κ3) is 4.80. The zero-order valence-corrected chi connectivity index (χ0v) is 13.1. The summed E-state index contributed by atoms with van der Waals surface area (Å²) in [7, 11) is 1.54. The third-order valence-corrected chi connectivity index (χ3v) is 3.14. The molecule has 2 aromatic carbocycles. The average molecular weight is 353 g/mol. The van der Waals surface area contributed by atoms with E-state index in [2.05, 4.69) is 0 Å². The molecule has 1 N–H and O–H groups in total. The lowest BCUT2D eigenvalue weighted by Crippen LogP contribution is -2.21. The number of amides is 1. The van der Waals surface area contributed by atoms with E-state index in [1.54, 1.807) is 12.1 Å². The van der Waals surface area contributed by atoms with Gasteiger partial charge >= 0.3 is 5.97 Å². The third-order valence-electron chi connectivity index (χ3n) is 3.14. The van der Waals surface area contributed by atoms with Gasteiger partial charge in [0.2, 0.25) is 0 Å². The Morgan fingerprint density at radius 1 is 1.00 bits per heavy atom. The standard InChI is InChI=1S/C17H14F3NO4/c1-24-8-10-2-4-11(5-3-10)17(23)25-9-14(22)21-13-7-6-12(18)15(19)16(13)20/h2-7H,8-9H2,1H3,(H,21,22). The lowest BCUT2D eigenvalue weighted by Gasteiger charge is -2.08. The molecule has 0 heterocycles. The first-order valence-electron chi connectivity index (χ1n) is 7.10. The minimum atomic E-state index is -1.70. The zero-order valence-electron chi connectivity index (χ0n) is 13.1. The van der Waals surface area contributed by atoms with E-state index >= 15 is 0 Å². The molecule has 2 aromatic rings. The highest BCUT2D eigenvalue weighted by molar-refractivity contribution is 5.95. The van der Waals surface area contributed by atoms with Gasteiger partial charge in [-0.05, 0) is 29.8 Å². The summed E-state index contributed by atoms with van der Waals surface area (Å²) in [4.78, 5) is 23.5. The molecule has 5 nitrogen and oxygen atoms in total. The molecule has 0 spiro atoms. The summed E-state index contributed by atoms with van der Waals surface area (Å²) in [5, 5.41) is 2.00. The summed E-state index contributed by atoms with van der Waals surface area (Å²) < 4.78 is 49.0. The molecule has 0 aliphatic carbocycles. The number of carbonyl (C=O) groups excluding carboxylic acids is 2. The van der Waals surface area contributed by atoms with Crippen LogP contribution >= 0.6 is 0 Å². The molecule has 0 aliphatic rings. The van der Waals surface area contributed by atoms with E-state index in [9.17, 15) is 22.8 Å². The van der Waals surface area contributed by atoms with Gasteiger partial charge in [0.05, 0.1) is 17.9 Å². The molecule has 0 aliphatic heterocycles.